The fourth-order valence-corrected chi connectivity index (χ4v) is 2.67. The van der Waals surface area contributed by atoms with Gasteiger partial charge in [0.25, 0.3) is 0 Å². The summed E-state index contributed by atoms with van der Waals surface area (Å²) in [4.78, 5) is 29.3. The first-order valence-electron chi connectivity index (χ1n) is 8.14. The van der Waals surface area contributed by atoms with Crippen molar-refractivity contribution in [3.63, 3.8) is 0 Å². The Balaban J connectivity index is 1.94. The standard InChI is InChI=1S/C17H11ClF5N5O2/c18-12-4-13(20)8(6-25-15(29)17(21,22)23)3-11(12)14-26-16(30)28(27-14)10-2-1-9(5-19)24-7-10/h1-4,7H,5-6H2,(H,25,29)(H,26,27,30). The number of pyridine rings is 1. The highest BCUT2D eigenvalue weighted by Gasteiger charge is 2.38. The number of nitrogens with one attached hydrogen (secondary N) is 2. The first kappa shape index (κ1) is 21.4. The third kappa shape index (κ3) is 4.48. The summed E-state index contributed by atoms with van der Waals surface area (Å²) in [6, 6.07) is 4.63. The highest BCUT2D eigenvalue weighted by molar-refractivity contribution is 6.33. The zero-order valence-corrected chi connectivity index (χ0v) is 15.5. The Hall–Kier alpha value is -3.28. The van der Waals surface area contributed by atoms with Crippen molar-refractivity contribution in [2.75, 3.05) is 0 Å². The van der Waals surface area contributed by atoms with Gasteiger partial charge in [-0.15, -0.1) is 5.10 Å². The molecule has 0 saturated heterocycles. The predicted octanol–water partition coefficient (Wildman–Crippen LogP) is 3.06. The summed E-state index contributed by atoms with van der Waals surface area (Å²) in [6.45, 7) is -1.56. The molecule has 0 aliphatic heterocycles. The lowest BCUT2D eigenvalue weighted by molar-refractivity contribution is -0.173. The lowest BCUT2D eigenvalue weighted by atomic mass is 10.1. The van der Waals surface area contributed by atoms with Gasteiger partial charge < -0.3 is 5.32 Å². The van der Waals surface area contributed by atoms with E-state index >= 15 is 0 Å². The fraction of sp³-hybridized carbons (Fsp3) is 0.176. The summed E-state index contributed by atoms with van der Waals surface area (Å²) in [6.07, 6.45) is -3.91. The van der Waals surface area contributed by atoms with Crippen molar-refractivity contribution >= 4 is 17.5 Å². The number of carbonyl (C=O) groups excluding carboxylic acids is 1. The maximum absolute atomic E-state index is 14.1. The second-order valence-corrected chi connectivity index (χ2v) is 6.34. The summed E-state index contributed by atoms with van der Waals surface area (Å²) in [5, 5.41) is 5.38. The average molecular weight is 448 g/mol. The number of alkyl halides is 4. The number of hydrogen-bond acceptors (Lipinski definition) is 4. The van der Waals surface area contributed by atoms with E-state index in [4.69, 9.17) is 11.6 Å². The quantitative estimate of drug-likeness (QED) is 0.588. The molecule has 0 radical (unpaired) electrons. The van der Waals surface area contributed by atoms with Gasteiger partial charge in [0, 0.05) is 17.7 Å². The van der Waals surface area contributed by atoms with Crippen LogP contribution in [0.15, 0.2) is 35.3 Å². The van der Waals surface area contributed by atoms with E-state index in [-0.39, 0.29) is 33.4 Å². The van der Waals surface area contributed by atoms with E-state index in [0.29, 0.717) is 0 Å². The number of hydrogen-bond donors (Lipinski definition) is 2. The summed E-state index contributed by atoms with van der Waals surface area (Å²) >= 11 is 5.99. The molecule has 0 aliphatic carbocycles. The van der Waals surface area contributed by atoms with Crippen molar-refractivity contribution in [2.24, 2.45) is 0 Å². The molecular formula is C17H11ClF5N5O2. The number of carbonyl (C=O) groups is 1. The van der Waals surface area contributed by atoms with Crippen LogP contribution < -0.4 is 11.0 Å². The topological polar surface area (TPSA) is 92.7 Å². The van der Waals surface area contributed by atoms with Crippen molar-refractivity contribution in [3.8, 4) is 17.1 Å². The van der Waals surface area contributed by atoms with E-state index in [9.17, 15) is 31.5 Å². The van der Waals surface area contributed by atoms with Gasteiger partial charge in [-0.2, -0.15) is 17.9 Å². The van der Waals surface area contributed by atoms with Gasteiger partial charge in [-0.05, 0) is 24.3 Å². The molecule has 2 heterocycles. The second kappa shape index (κ2) is 8.22. The molecule has 0 aliphatic rings. The van der Waals surface area contributed by atoms with Gasteiger partial charge in [0.15, 0.2) is 5.82 Å². The Morgan fingerprint density at radius 2 is 2.00 bits per heavy atom. The summed E-state index contributed by atoms with van der Waals surface area (Å²) in [5.74, 6) is -3.30. The van der Waals surface area contributed by atoms with Gasteiger partial charge in [0.05, 0.1) is 22.6 Å². The first-order chi connectivity index (χ1) is 14.1. The third-order valence-corrected chi connectivity index (χ3v) is 4.21. The van der Waals surface area contributed by atoms with E-state index in [0.717, 1.165) is 16.8 Å². The van der Waals surface area contributed by atoms with Gasteiger partial charge in [-0.1, -0.05) is 11.6 Å². The SMILES string of the molecule is O=C(NCc1cc(-c2nn(-c3ccc(CF)nc3)c(=O)[nH]2)c(Cl)cc1F)C(F)(F)F. The normalized spacial score (nSPS) is 11.5. The zero-order valence-electron chi connectivity index (χ0n) is 14.7. The van der Waals surface area contributed by atoms with Crippen LogP contribution in [0.4, 0.5) is 22.0 Å². The number of amides is 1. The minimum absolute atomic E-state index is 0.0125. The van der Waals surface area contributed by atoms with Crippen LogP contribution in [-0.2, 0) is 18.0 Å². The molecule has 0 unspecified atom stereocenters. The molecule has 2 aromatic heterocycles. The number of aromatic amines is 1. The largest absolute Gasteiger partial charge is 0.471 e. The Morgan fingerprint density at radius 1 is 1.27 bits per heavy atom. The van der Waals surface area contributed by atoms with E-state index in [1.165, 1.54) is 18.3 Å². The molecule has 1 amide bonds. The molecule has 30 heavy (non-hydrogen) atoms. The first-order valence-corrected chi connectivity index (χ1v) is 8.52. The van der Waals surface area contributed by atoms with Crippen molar-refractivity contribution in [2.45, 2.75) is 19.4 Å². The lowest BCUT2D eigenvalue weighted by Crippen LogP contribution is -2.36. The Labute approximate surface area is 169 Å². The van der Waals surface area contributed by atoms with E-state index in [2.05, 4.69) is 15.1 Å². The minimum atomic E-state index is -5.12. The van der Waals surface area contributed by atoms with Crippen LogP contribution >= 0.6 is 11.6 Å². The Morgan fingerprint density at radius 3 is 2.60 bits per heavy atom. The Bertz CT molecular complexity index is 1140. The Kier molecular flexibility index (Phi) is 5.87. The minimum Gasteiger partial charge on any atom is -0.344 e. The summed E-state index contributed by atoms with van der Waals surface area (Å²) in [7, 11) is 0. The molecule has 13 heteroatoms. The molecule has 3 rings (SSSR count). The third-order valence-electron chi connectivity index (χ3n) is 3.90. The molecule has 7 nitrogen and oxygen atoms in total. The van der Waals surface area contributed by atoms with Crippen molar-refractivity contribution in [1.29, 1.82) is 0 Å². The molecule has 2 N–H and O–H groups in total. The van der Waals surface area contributed by atoms with Gasteiger partial charge in [-0.25, -0.2) is 13.6 Å². The van der Waals surface area contributed by atoms with Crippen LogP contribution in [0.2, 0.25) is 5.02 Å². The number of benzene rings is 1. The lowest BCUT2D eigenvalue weighted by Gasteiger charge is -2.10. The van der Waals surface area contributed by atoms with Crippen LogP contribution in [0.25, 0.3) is 17.1 Å². The molecule has 0 saturated carbocycles. The number of nitrogens with zero attached hydrogens (tertiary/aromatic N) is 3. The van der Waals surface area contributed by atoms with Gasteiger partial charge in [0.1, 0.15) is 12.5 Å². The van der Waals surface area contributed by atoms with Crippen molar-refractivity contribution in [1.82, 2.24) is 25.1 Å². The van der Waals surface area contributed by atoms with Gasteiger partial charge in [-0.3, -0.25) is 14.8 Å². The van der Waals surface area contributed by atoms with Crippen molar-refractivity contribution < 1.29 is 26.7 Å². The summed E-state index contributed by atoms with van der Waals surface area (Å²) in [5.41, 5.74) is -0.660. The van der Waals surface area contributed by atoms with Crippen molar-refractivity contribution in [3.05, 3.63) is 63.0 Å². The molecule has 0 spiro atoms. The molecular weight excluding hydrogens is 437 g/mol. The zero-order chi connectivity index (χ0) is 22.1. The van der Waals surface area contributed by atoms with E-state index < -0.39 is 36.8 Å². The highest BCUT2D eigenvalue weighted by atomic mass is 35.5. The summed E-state index contributed by atoms with van der Waals surface area (Å²) < 4.78 is 64.5. The number of aromatic nitrogens is 4. The average Bonchev–Trinajstić information content (AvgIpc) is 3.07. The van der Waals surface area contributed by atoms with Crippen LogP contribution in [0, 0.1) is 5.82 Å². The van der Waals surface area contributed by atoms with Gasteiger partial charge in [0.2, 0.25) is 0 Å². The number of H-pyrrole nitrogens is 1. The highest BCUT2D eigenvalue weighted by Crippen LogP contribution is 2.28. The number of rotatable bonds is 5. The maximum atomic E-state index is 14.1. The molecule has 0 fully saturated rings. The monoisotopic (exact) mass is 447 g/mol. The molecule has 158 valence electrons. The van der Waals surface area contributed by atoms with Crippen LogP contribution in [-0.4, -0.2) is 31.8 Å². The molecule has 3 aromatic rings. The predicted molar refractivity (Wildman–Crippen MR) is 95.1 cm³/mol. The molecule has 0 bridgehead atoms. The van der Waals surface area contributed by atoms with E-state index in [1.54, 1.807) is 5.32 Å². The van der Waals surface area contributed by atoms with Crippen LogP contribution in [0.3, 0.4) is 0 Å². The van der Waals surface area contributed by atoms with Crippen LogP contribution in [0.5, 0.6) is 0 Å². The second-order valence-electron chi connectivity index (χ2n) is 5.94. The number of halogens is 6. The van der Waals surface area contributed by atoms with Crippen LogP contribution in [0.1, 0.15) is 11.3 Å². The van der Waals surface area contributed by atoms with E-state index in [1.807, 2.05) is 0 Å². The molecule has 0 atom stereocenters. The fourth-order valence-electron chi connectivity index (χ4n) is 2.43. The van der Waals surface area contributed by atoms with Gasteiger partial charge >= 0.3 is 17.8 Å². The maximum Gasteiger partial charge on any atom is 0.471 e. The smallest absolute Gasteiger partial charge is 0.344 e. The molecule has 1 aromatic carbocycles.